The second-order valence-electron chi connectivity index (χ2n) is 3.70. The van der Waals surface area contributed by atoms with Gasteiger partial charge in [-0.3, -0.25) is 0 Å². The fourth-order valence-corrected chi connectivity index (χ4v) is 2.26. The van der Waals surface area contributed by atoms with E-state index in [-0.39, 0.29) is 6.42 Å². The van der Waals surface area contributed by atoms with Gasteiger partial charge < -0.3 is 5.32 Å². The lowest BCUT2D eigenvalue weighted by Crippen LogP contribution is -2.39. The first-order valence-electron chi connectivity index (χ1n) is 4.69. The quantitative estimate of drug-likeness (QED) is 0.749. The molecule has 2 rings (SSSR count). The Hall–Kier alpha value is -0.420. The van der Waals surface area contributed by atoms with Gasteiger partial charge in [0.2, 0.25) is 0 Å². The lowest BCUT2D eigenvalue weighted by Gasteiger charge is -2.29. The fourth-order valence-electron chi connectivity index (χ4n) is 1.73. The molecule has 1 aromatic rings. The highest BCUT2D eigenvalue weighted by Gasteiger charge is 2.41. The zero-order valence-electron chi connectivity index (χ0n) is 8.04. The molecule has 1 aliphatic heterocycles. The maximum atomic E-state index is 12.5. The van der Waals surface area contributed by atoms with Crippen molar-refractivity contribution < 1.29 is 13.2 Å². The minimum absolute atomic E-state index is 0.0501. The largest absolute Gasteiger partial charge is 0.408 e. The van der Waals surface area contributed by atoms with E-state index in [1.165, 1.54) is 0 Å². The highest BCUT2D eigenvalue weighted by atomic mass is 79.9. The van der Waals surface area contributed by atoms with Gasteiger partial charge in [0, 0.05) is 10.2 Å². The molecule has 1 nitrogen and oxygen atoms in total. The van der Waals surface area contributed by atoms with Gasteiger partial charge in [-0.25, -0.2) is 0 Å². The number of halogens is 5. The molecule has 1 atom stereocenters. The molecule has 6 heteroatoms. The Balaban J connectivity index is 2.31. The Morgan fingerprint density at radius 1 is 1.38 bits per heavy atom. The number of alkyl halides is 3. The summed E-state index contributed by atoms with van der Waals surface area (Å²) in [5.41, 5.74) is 1.33. The highest BCUT2D eigenvalue weighted by molar-refractivity contribution is 9.10. The third-order valence-electron chi connectivity index (χ3n) is 2.57. The zero-order valence-corrected chi connectivity index (χ0v) is 10.4. The van der Waals surface area contributed by atoms with E-state index in [2.05, 4.69) is 21.2 Å². The molecule has 0 amide bonds. The average molecular weight is 315 g/mol. The Morgan fingerprint density at radius 3 is 2.69 bits per heavy atom. The molecule has 0 fully saturated rings. The van der Waals surface area contributed by atoms with Gasteiger partial charge in [0.25, 0.3) is 0 Å². The molecule has 0 bridgehead atoms. The Kier molecular flexibility index (Phi) is 3.09. The fraction of sp³-hybridized carbons (Fsp3) is 0.400. The predicted octanol–water partition coefficient (Wildman–Crippen LogP) is 4.39. The van der Waals surface area contributed by atoms with Gasteiger partial charge in [0.05, 0.1) is 5.02 Å². The number of fused-ring (bicyclic) bond motifs is 1. The summed E-state index contributed by atoms with van der Waals surface area (Å²) in [5, 5.41) is 3.01. The topological polar surface area (TPSA) is 12.0 Å². The summed E-state index contributed by atoms with van der Waals surface area (Å²) in [6.07, 6.45) is -3.77. The molecule has 0 saturated carbocycles. The lowest BCUT2D eigenvalue weighted by atomic mass is 9.98. The zero-order chi connectivity index (χ0) is 11.9. The molecule has 1 N–H and O–H groups in total. The van der Waals surface area contributed by atoms with Crippen LogP contribution in [0.5, 0.6) is 0 Å². The average Bonchev–Trinajstić information content (AvgIpc) is 2.17. The predicted molar refractivity (Wildman–Crippen MR) is 60.9 cm³/mol. The molecule has 16 heavy (non-hydrogen) atoms. The molecule has 0 radical (unpaired) electrons. The molecule has 0 saturated heterocycles. The molecular formula is C10H8BrClF3N. The summed E-state index contributed by atoms with van der Waals surface area (Å²) >= 11 is 9.07. The number of benzene rings is 1. The van der Waals surface area contributed by atoms with Crippen LogP contribution < -0.4 is 5.32 Å². The Bertz CT molecular complexity index is 419. The Labute approximate surface area is 104 Å². The summed E-state index contributed by atoms with van der Waals surface area (Å²) in [5.74, 6) is 0. The molecule has 1 aliphatic rings. The number of rotatable bonds is 0. The molecule has 88 valence electrons. The van der Waals surface area contributed by atoms with E-state index in [1.54, 1.807) is 12.1 Å². The van der Waals surface area contributed by atoms with Crippen molar-refractivity contribution in [1.29, 1.82) is 0 Å². The van der Waals surface area contributed by atoms with Crippen molar-refractivity contribution in [2.24, 2.45) is 0 Å². The van der Waals surface area contributed by atoms with Crippen LogP contribution in [-0.4, -0.2) is 12.2 Å². The third-order valence-corrected chi connectivity index (χ3v) is 3.77. The maximum Gasteiger partial charge on any atom is 0.408 e. The first-order chi connectivity index (χ1) is 7.38. The van der Waals surface area contributed by atoms with Crippen molar-refractivity contribution in [3.8, 4) is 0 Å². The SMILES string of the molecule is FC(F)(F)C1CCc2cc(Cl)c(Br)cc2N1. The molecular weight excluding hydrogens is 306 g/mol. The third kappa shape index (κ3) is 2.30. The van der Waals surface area contributed by atoms with E-state index in [9.17, 15) is 13.2 Å². The number of hydrogen-bond donors (Lipinski definition) is 1. The van der Waals surface area contributed by atoms with Crippen LogP contribution in [0, 0.1) is 0 Å². The van der Waals surface area contributed by atoms with Crippen LogP contribution in [0.4, 0.5) is 18.9 Å². The van der Waals surface area contributed by atoms with E-state index in [0.29, 0.717) is 21.6 Å². The first-order valence-corrected chi connectivity index (χ1v) is 5.86. The molecule has 1 heterocycles. The van der Waals surface area contributed by atoms with Crippen molar-refractivity contribution in [1.82, 2.24) is 0 Å². The van der Waals surface area contributed by atoms with E-state index in [1.807, 2.05) is 0 Å². The minimum Gasteiger partial charge on any atom is -0.374 e. The second-order valence-corrected chi connectivity index (χ2v) is 4.96. The first kappa shape index (κ1) is 12.0. The van der Waals surface area contributed by atoms with Crippen molar-refractivity contribution >= 4 is 33.2 Å². The minimum atomic E-state index is -4.20. The Morgan fingerprint density at radius 2 is 2.06 bits per heavy atom. The summed E-state index contributed by atoms with van der Waals surface area (Å²) in [7, 11) is 0. The van der Waals surface area contributed by atoms with E-state index in [0.717, 1.165) is 5.56 Å². The van der Waals surface area contributed by atoms with Gasteiger partial charge in [-0.2, -0.15) is 13.2 Å². The summed E-state index contributed by atoms with van der Waals surface area (Å²) < 4.78 is 38.1. The number of nitrogens with one attached hydrogen (secondary N) is 1. The monoisotopic (exact) mass is 313 g/mol. The lowest BCUT2D eigenvalue weighted by molar-refractivity contribution is -0.144. The van der Waals surface area contributed by atoms with Gasteiger partial charge in [0.1, 0.15) is 6.04 Å². The summed E-state index contributed by atoms with van der Waals surface area (Å²) in [6.45, 7) is 0. The van der Waals surface area contributed by atoms with Crippen molar-refractivity contribution in [2.75, 3.05) is 5.32 Å². The van der Waals surface area contributed by atoms with E-state index in [4.69, 9.17) is 11.6 Å². The van der Waals surface area contributed by atoms with E-state index < -0.39 is 12.2 Å². The molecule has 0 aromatic heterocycles. The highest BCUT2D eigenvalue weighted by Crippen LogP contribution is 2.37. The van der Waals surface area contributed by atoms with Crippen LogP contribution in [0.2, 0.25) is 5.02 Å². The van der Waals surface area contributed by atoms with Crippen LogP contribution in [0.25, 0.3) is 0 Å². The normalized spacial score (nSPS) is 20.2. The van der Waals surface area contributed by atoms with Crippen LogP contribution in [0.3, 0.4) is 0 Å². The smallest absolute Gasteiger partial charge is 0.374 e. The van der Waals surface area contributed by atoms with Crippen molar-refractivity contribution in [3.63, 3.8) is 0 Å². The van der Waals surface area contributed by atoms with Crippen LogP contribution >= 0.6 is 27.5 Å². The van der Waals surface area contributed by atoms with Crippen molar-refractivity contribution in [3.05, 3.63) is 27.2 Å². The number of anilines is 1. The number of hydrogen-bond acceptors (Lipinski definition) is 1. The number of aryl methyl sites for hydroxylation is 1. The van der Waals surface area contributed by atoms with Gasteiger partial charge in [0.15, 0.2) is 0 Å². The van der Waals surface area contributed by atoms with Crippen molar-refractivity contribution in [2.45, 2.75) is 25.1 Å². The molecule has 1 unspecified atom stereocenters. The van der Waals surface area contributed by atoms with Crippen LogP contribution in [0.15, 0.2) is 16.6 Å². The summed E-state index contributed by atoms with van der Waals surface area (Å²) in [4.78, 5) is 0. The molecule has 1 aromatic carbocycles. The molecule has 0 spiro atoms. The van der Waals surface area contributed by atoms with E-state index >= 15 is 0 Å². The molecule has 0 aliphatic carbocycles. The second kappa shape index (κ2) is 4.11. The van der Waals surface area contributed by atoms with Gasteiger partial charge in [-0.05, 0) is 46.5 Å². The maximum absolute atomic E-state index is 12.5. The van der Waals surface area contributed by atoms with Crippen LogP contribution in [0.1, 0.15) is 12.0 Å². The summed E-state index contributed by atoms with van der Waals surface area (Å²) in [6, 6.07) is 1.82. The van der Waals surface area contributed by atoms with Crippen LogP contribution in [-0.2, 0) is 6.42 Å². The standard InChI is InChI=1S/C10H8BrClF3N/c11-6-4-8-5(3-7(6)12)1-2-9(16-8)10(13,14)15/h3-4,9,16H,1-2H2. The van der Waals surface area contributed by atoms with Gasteiger partial charge >= 0.3 is 6.18 Å². The van der Waals surface area contributed by atoms with Gasteiger partial charge in [-0.15, -0.1) is 0 Å². The van der Waals surface area contributed by atoms with Gasteiger partial charge in [-0.1, -0.05) is 11.6 Å².